The van der Waals surface area contributed by atoms with E-state index in [1.807, 2.05) is 24.3 Å². The number of hydrogen-bond donors (Lipinski definition) is 1. The molecule has 49 heavy (non-hydrogen) atoms. The molecule has 0 bridgehead atoms. The number of halogens is 1. The lowest BCUT2D eigenvalue weighted by atomic mass is 9.66. The number of fused-ring (bicyclic) bond motifs is 2. The third-order valence-corrected chi connectivity index (χ3v) is 10.4. The van der Waals surface area contributed by atoms with Crippen LogP contribution >= 0.6 is 11.6 Å². The third kappa shape index (κ3) is 5.42. The molecule has 3 aromatic rings. The maximum atomic E-state index is 15.1. The van der Waals surface area contributed by atoms with Crippen molar-refractivity contribution in [1.82, 2.24) is 9.13 Å². The fourth-order valence-electron chi connectivity index (χ4n) is 7.35. The summed E-state index contributed by atoms with van der Waals surface area (Å²) in [5, 5.41) is 3.29. The Hall–Kier alpha value is -4.51. The molecule has 1 aliphatic carbocycles. The smallest absolute Gasteiger partial charge is 0.332 e. The number of Topliss-reactive ketones (excluding diaryl/α,β-unsaturated/α-hetero) is 2. The van der Waals surface area contributed by atoms with Gasteiger partial charge in [0.1, 0.15) is 33.7 Å². The lowest BCUT2D eigenvalue weighted by Crippen LogP contribution is -2.58. The number of benzene rings is 2. The summed E-state index contributed by atoms with van der Waals surface area (Å²) in [7, 11) is 5.82. The van der Waals surface area contributed by atoms with Gasteiger partial charge in [-0.05, 0) is 30.5 Å². The monoisotopic (exact) mass is 691 g/mol. The molecule has 0 saturated carbocycles. The molecule has 1 N–H and O–H groups in total. The van der Waals surface area contributed by atoms with E-state index in [-0.39, 0.29) is 45.4 Å². The number of anilines is 1. The van der Waals surface area contributed by atoms with Gasteiger partial charge < -0.3 is 24.3 Å². The SMILES string of the molecule is CCCCCCCCOc1ccc(C2C3=C(C[C@@H](C)[C@]4(Oc5c(Cl)c(OC)cc(OC)c5C4=O)C3=O)Nc3c2c(=O)n(C)c(=O)n3C)cc1. The van der Waals surface area contributed by atoms with E-state index in [4.69, 9.17) is 30.5 Å². The molecule has 3 atom stereocenters. The molecule has 6 rings (SSSR count). The maximum Gasteiger partial charge on any atom is 0.332 e. The molecular weight excluding hydrogens is 650 g/mol. The third-order valence-electron chi connectivity index (χ3n) is 10.1. The first-order valence-corrected chi connectivity index (χ1v) is 17.1. The molecular formula is C37H42ClN3O8. The van der Waals surface area contributed by atoms with Crippen molar-refractivity contribution in [1.29, 1.82) is 0 Å². The van der Waals surface area contributed by atoms with Crippen LogP contribution in [0.1, 0.15) is 86.2 Å². The fraction of sp³-hybridized carbons (Fsp3) is 0.459. The first-order valence-electron chi connectivity index (χ1n) is 16.8. The van der Waals surface area contributed by atoms with Crippen molar-refractivity contribution in [2.75, 3.05) is 26.1 Å². The average Bonchev–Trinajstić information content (AvgIpc) is 3.42. The second kappa shape index (κ2) is 13.4. The van der Waals surface area contributed by atoms with Gasteiger partial charge in [-0.15, -0.1) is 0 Å². The number of ether oxygens (including phenoxy) is 4. The summed E-state index contributed by atoms with van der Waals surface area (Å²) >= 11 is 6.65. The molecule has 2 aliphatic heterocycles. The van der Waals surface area contributed by atoms with Crippen LogP contribution in [-0.2, 0) is 18.9 Å². The minimum absolute atomic E-state index is 0.0120. The highest BCUT2D eigenvalue weighted by Gasteiger charge is 2.63. The van der Waals surface area contributed by atoms with Gasteiger partial charge in [0.2, 0.25) is 17.2 Å². The van der Waals surface area contributed by atoms with E-state index >= 15 is 4.79 Å². The highest BCUT2D eigenvalue weighted by molar-refractivity contribution is 6.36. The summed E-state index contributed by atoms with van der Waals surface area (Å²) in [6.07, 6.45) is 7.09. The quantitative estimate of drug-likeness (QED) is 0.192. The standard InChI is InChI=1S/C37H42ClN3O8/c1-7-8-9-10-11-12-17-48-22-15-13-21(14-16-22)26-27-23(39-34-29(26)35(44)41(4)36(45)40(34)3)18-20(2)37(32(27)42)33(43)28-24(46-5)19-25(47-6)30(38)31(28)49-37/h13-16,19-20,26,39H,7-12,17-18H2,1-6H3/t20-,26?,37+/m1/s1. The van der Waals surface area contributed by atoms with Gasteiger partial charge in [-0.2, -0.15) is 0 Å². The Morgan fingerprint density at radius 3 is 2.29 bits per heavy atom. The zero-order valence-electron chi connectivity index (χ0n) is 28.7. The van der Waals surface area contributed by atoms with Crippen LogP contribution in [0, 0.1) is 5.92 Å². The lowest BCUT2D eigenvalue weighted by Gasteiger charge is -2.42. The van der Waals surface area contributed by atoms with Crippen LogP contribution in [0.25, 0.3) is 0 Å². The lowest BCUT2D eigenvalue weighted by molar-refractivity contribution is -0.130. The molecule has 1 spiro atoms. The zero-order chi connectivity index (χ0) is 35.2. The van der Waals surface area contributed by atoms with Crippen molar-refractivity contribution in [2.24, 2.45) is 20.0 Å². The average molecular weight is 692 g/mol. The van der Waals surface area contributed by atoms with Gasteiger partial charge in [0, 0.05) is 43.3 Å². The highest BCUT2D eigenvalue weighted by atomic mass is 35.5. The van der Waals surface area contributed by atoms with E-state index in [2.05, 4.69) is 12.2 Å². The Kier molecular flexibility index (Phi) is 9.41. The second-order valence-electron chi connectivity index (χ2n) is 13.0. The van der Waals surface area contributed by atoms with Crippen molar-refractivity contribution < 1.29 is 28.5 Å². The molecule has 260 valence electrons. The highest BCUT2D eigenvalue weighted by Crippen LogP contribution is 2.56. The van der Waals surface area contributed by atoms with Crippen molar-refractivity contribution in [3.63, 3.8) is 0 Å². The summed E-state index contributed by atoms with van der Waals surface area (Å²) in [4.78, 5) is 56.5. The van der Waals surface area contributed by atoms with Crippen LogP contribution in [0.2, 0.25) is 5.02 Å². The van der Waals surface area contributed by atoms with Crippen molar-refractivity contribution >= 4 is 29.0 Å². The number of ketones is 2. The van der Waals surface area contributed by atoms with Crippen molar-refractivity contribution in [3.8, 4) is 23.0 Å². The van der Waals surface area contributed by atoms with Crippen molar-refractivity contribution in [3.05, 3.63) is 84.2 Å². The molecule has 0 radical (unpaired) electrons. The molecule has 2 aromatic carbocycles. The Balaban J connectivity index is 1.43. The Labute approximate surface area is 289 Å². The molecule has 11 nitrogen and oxygen atoms in total. The Morgan fingerprint density at radius 2 is 1.61 bits per heavy atom. The van der Waals surface area contributed by atoms with Gasteiger partial charge in [0.05, 0.1) is 26.4 Å². The predicted molar refractivity (Wildman–Crippen MR) is 186 cm³/mol. The van der Waals surface area contributed by atoms with Gasteiger partial charge in [0.15, 0.2) is 5.75 Å². The van der Waals surface area contributed by atoms with Gasteiger partial charge in [-0.25, -0.2) is 4.79 Å². The summed E-state index contributed by atoms with van der Waals surface area (Å²) < 4.78 is 25.7. The summed E-state index contributed by atoms with van der Waals surface area (Å²) in [6, 6.07) is 8.76. The van der Waals surface area contributed by atoms with E-state index in [1.165, 1.54) is 57.6 Å². The van der Waals surface area contributed by atoms with E-state index in [1.54, 1.807) is 14.0 Å². The number of hydrogen-bond acceptors (Lipinski definition) is 9. The predicted octanol–water partition coefficient (Wildman–Crippen LogP) is 5.93. The van der Waals surface area contributed by atoms with Crippen LogP contribution in [0.15, 0.2) is 51.2 Å². The van der Waals surface area contributed by atoms with E-state index in [0.29, 0.717) is 29.4 Å². The van der Waals surface area contributed by atoms with E-state index < -0.39 is 40.3 Å². The van der Waals surface area contributed by atoms with Crippen LogP contribution in [0.4, 0.5) is 5.82 Å². The molecule has 1 unspecified atom stereocenters. The van der Waals surface area contributed by atoms with Gasteiger partial charge >= 0.3 is 5.69 Å². The Bertz CT molecular complexity index is 1980. The molecule has 12 heteroatoms. The second-order valence-corrected chi connectivity index (χ2v) is 13.4. The van der Waals surface area contributed by atoms with E-state index in [0.717, 1.165) is 17.4 Å². The number of unbranched alkanes of at least 4 members (excludes halogenated alkanes) is 5. The van der Waals surface area contributed by atoms with Crippen LogP contribution in [-0.4, -0.2) is 47.1 Å². The number of carbonyl (C=O) groups is 2. The molecule has 0 amide bonds. The van der Waals surface area contributed by atoms with Crippen molar-refractivity contribution in [2.45, 2.75) is 70.3 Å². The number of methoxy groups -OCH3 is 2. The molecule has 1 aromatic heterocycles. The van der Waals surface area contributed by atoms with Gasteiger partial charge in [-0.1, -0.05) is 69.7 Å². The Morgan fingerprint density at radius 1 is 0.939 bits per heavy atom. The van der Waals surface area contributed by atoms with Gasteiger partial charge in [-0.3, -0.25) is 23.5 Å². The number of carbonyl (C=O) groups excluding carboxylic acids is 2. The fourth-order valence-corrected chi connectivity index (χ4v) is 7.62. The molecule has 0 saturated heterocycles. The summed E-state index contributed by atoms with van der Waals surface area (Å²) in [5.74, 6) is -1.39. The number of nitrogens with zero attached hydrogens (tertiary/aromatic N) is 2. The maximum absolute atomic E-state index is 15.1. The normalized spacial score (nSPS) is 20.8. The first kappa shape index (κ1) is 34.4. The number of rotatable bonds is 11. The minimum atomic E-state index is -1.98. The largest absolute Gasteiger partial charge is 0.496 e. The summed E-state index contributed by atoms with van der Waals surface area (Å²) in [6.45, 7) is 4.53. The van der Waals surface area contributed by atoms with Crippen LogP contribution in [0.3, 0.4) is 0 Å². The number of aromatic nitrogens is 2. The summed E-state index contributed by atoms with van der Waals surface area (Å²) in [5.41, 5.74) is -1.43. The topological polar surface area (TPSA) is 127 Å². The van der Waals surface area contributed by atoms with Crippen LogP contribution < -0.4 is 35.5 Å². The number of nitrogens with one attached hydrogen (secondary N) is 1. The van der Waals surface area contributed by atoms with Gasteiger partial charge in [0.25, 0.3) is 5.56 Å². The molecule has 0 fully saturated rings. The van der Waals surface area contributed by atoms with Crippen LogP contribution in [0.5, 0.6) is 23.0 Å². The minimum Gasteiger partial charge on any atom is -0.496 e. The molecule has 3 aliphatic rings. The van der Waals surface area contributed by atoms with E-state index in [9.17, 15) is 14.4 Å². The zero-order valence-corrected chi connectivity index (χ0v) is 29.5. The molecule has 3 heterocycles. The number of allylic oxidation sites excluding steroid dienone is 1. The first-order chi connectivity index (χ1) is 23.5.